The molecule has 11 nitrogen and oxygen atoms in total. The number of rotatable bonds is 10. The van der Waals surface area contributed by atoms with Crippen molar-refractivity contribution in [2.75, 3.05) is 34.5 Å². The van der Waals surface area contributed by atoms with Crippen LogP contribution in [-0.2, 0) is 9.59 Å². The van der Waals surface area contributed by atoms with Gasteiger partial charge in [0.25, 0.3) is 5.91 Å². The summed E-state index contributed by atoms with van der Waals surface area (Å²) in [6.07, 6.45) is 1.51. The van der Waals surface area contributed by atoms with Gasteiger partial charge in [-0.25, -0.2) is 4.79 Å². The number of amides is 1. The molecule has 3 rings (SSSR count). The third kappa shape index (κ3) is 5.21. The molecule has 3 N–H and O–H groups in total. The molecule has 0 aromatic heterocycles. The van der Waals surface area contributed by atoms with E-state index in [9.17, 15) is 14.4 Å². The van der Waals surface area contributed by atoms with Crippen LogP contribution in [0.4, 0.5) is 0 Å². The lowest BCUT2D eigenvalue weighted by Gasteiger charge is -2.12. The average molecular weight is 473 g/mol. The fourth-order valence-corrected chi connectivity index (χ4v) is 3.13. The van der Waals surface area contributed by atoms with Crippen LogP contribution in [0, 0.1) is 0 Å². The molecule has 11 heteroatoms. The highest BCUT2D eigenvalue weighted by Crippen LogP contribution is 2.39. The van der Waals surface area contributed by atoms with Gasteiger partial charge in [-0.05, 0) is 24.3 Å². The Labute approximate surface area is 194 Å². The molecule has 1 heterocycles. The number of methoxy groups -OCH3 is 3. The van der Waals surface area contributed by atoms with E-state index in [0.29, 0.717) is 28.4 Å². The first kappa shape index (κ1) is 24.4. The first-order valence-electron chi connectivity index (χ1n) is 9.95. The number of Topliss-reactive ketones (excluding diaryl/α,β-unsaturated/α-hetero) is 1. The van der Waals surface area contributed by atoms with E-state index in [1.807, 2.05) is 0 Å². The molecule has 0 unspecified atom stereocenters. The van der Waals surface area contributed by atoms with Gasteiger partial charge in [-0.2, -0.15) is 0 Å². The molecule has 1 aliphatic heterocycles. The quantitative estimate of drug-likeness (QED) is 0.431. The smallest absolute Gasteiger partial charge is 0.328 e. The fraction of sp³-hybridized carbons (Fsp3) is 0.261. The van der Waals surface area contributed by atoms with Gasteiger partial charge >= 0.3 is 5.97 Å². The third-order valence-electron chi connectivity index (χ3n) is 4.85. The Morgan fingerprint density at radius 3 is 2.35 bits per heavy atom. The van der Waals surface area contributed by atoms with Crippen LogP contribution in [0.1, 0.15) is 15.9 Å². The topological polar surface area (TPSA) is 150 Å². The minimum atomic E-state index is -1.43. The van der Waals surface area contributed by atoms with Crippen LogP contribution in [0.5, 0.6) is 28.7 Å². The number of carbonyl (C=O) groups excluding carboxylic acids is 2. The number of ketones is 1. The Morgan fingerprint density at radius 1 is 1.06 bits per heavy atom. The molecular weight excluding hydrogens is 450 g/mol. The highest BCUT2D eigenvalue weighted by Gasteiger charge is 2.28. The van der Waals surface area contributed by atoms with E-state index < -0.39 is 31.1 Å². The lowest BCUT2D eigenvalue weighted by atomic mass is 10.1. The fourth-order valence-electron chi connectivity index (χ4n) is 3.13. The van der Waals surface area contributed by atoms with Crippen LogP contribution >= 0.6 is 0 Å². The molecule has 0 spiro atoms. The van der Waals surface area contributed by atoms with Gasteiger partial charge in [0.15, 0.2) is 23.9 Å². The molecule has 0 aliphatic carbocycles. The van der Waals surface area contributed by atoms with E-state index in [1.54, 1.807) is 12.1 Å². The minimum absolute atomic E-state index is 0.0441. The summed E-state index contributed by atoms with van der Waals surface area (Å²) >= 11 is 0. The van der Waals surface area contributed by atoms with Crippen LogP contribution in [0.2, 0.25) is 0 Å². The number of fused-ring (bicyclic) bond motifs is 1. The summed E-state index contributed by atoms with van der Waals surface area (Å²) < 4.78 is 27.0. The van der Waals surface area contributed by atoms with Crippen molar-refractivity contribution in [1.82, 2.24) is 5.32 Å². The summed E-state index contributed by atoms with van der Waals surface area (Å²) in [6.45, 7) is -1.25. The van der Waals surface area contributed by atoms with E-state index in [2.05, 4.69) is 5.32 Å². The number of carboxylic acid groups (broad SMARTS) is 1. The number of benzene rings is 2. The molecule has 0 bridgehead atoms. The maximum Gasteiger partial charge on any atom is 0.328 e. The predicted molar refractivity (Wildman–Crippen MR) is 118 cm³/mol. The predicted octanol–water partition coefficient (Wildman–Crippen LogP) is 1.27. The number of allylic oxidation sites excluding steroid dienone is 1. The van der Waals surface area contributed by atoms with Gasteiger partial charge in [-0.15, -0.1) is 0 Å². The Balaban J connectivity index is 1.76. The SMILES string of the molecule is COc1cc(OC)c(OC)cc1C=C1Oc2cc(OCC(=O)N[C@@H](CO)C(=O)O)ccc2C1=O. The second-order valence-corrected chi connectivity index (χ2v) is 6.98. The second-order valence-electron chi connectivity index (χ2n) is 6.98. The number of ether oxygens (including phenoxy) is 5. The van der Waals surface area contributed by atoms with Crippen LogP contribution in [0.15, 0.2) is 36.1 Å². The van der Waals surface area contributed by atoms with Gasteiger partial charge in [0, 0.05) is 17.7 Å². The van der Waals surface area contributed by atoms with E-state index in [1.165, 1.54) is 45.6 Å². The van der Waals surface area contributed by atoms with Gasteiger partial charge in [0.05, 0.1) is 33.5 Å². The van der Waals surface area contributed by atoms with Crippen molar-refractivity contribution in [1.29, 1.82) is 0 Å². The average Bonchev–Trinajstić information content (AvgIpc) is 3.14. The Kier molecular flexibility index (Phi) is 7.59. The number of aliphatic hydroxyl groups is 1. The third-order valence-corrected chi connectivity index (χ3v) is 4.85. The van der Waals surface area contributed by atoms with E-state index in [0.717, 1.165) is 0 Å². The van der Waals surface area contributed by atoms with Crippen molar-refractivity contribution in [3.8, 4) is 28.7 Å². The number of carbonyl (C=O) groups is 3. The van der Waals surface area contributed by atoms with Crippen molar-refractivity contribution in [2.45, 2.75) is 6.04 Å². The summed E-state index contributed by atoms with van der Waals surface area (Å²) in [4.78, 5) is 35.5. The standard InChI is InChI=1S/C23H23NO10/c1-30-16-9-19(32-3)18(31-2)6-12(16)7-20-22(27)14-5-4-13(8-17(14)34-20)33-11-21(26)24-15(10-25)23(28)29/h4-9,15,25H,10-11H2,1-3H3,(H,24,26)(H,28,29)/t15-/m0/s1. The molecule has 2 aromatic carbocycles. The zero-order valence-electron chi connectivity index (χ0n) is 18.6. The molecule has 0 radical (unpaired) electrons. The number of hydrogen-bond donors (Lipinski definition) is 3. The molecule has 0 fully saturated rings. The molecule has 1 amide bonds. The Hall–Kier alpha value is -4.25. The van der Waals surface area contributed by atoms with Crippen molar-refractivity contribution in [2.24, 2.45) is 0 Å². The summed E-state index contributed by atoms with van der Waals surface area (Å²) in [5, 5.41) is 20.0. The van der Waals surface area contributed by atoms with Gasteiger partial charge < -0.3 is 39.2 Å². The zero-order chi connectivity index (χ0) is 24.8. The maximum atomic E-state index is 12.8. The van der Waals surface area contributed by atoms with E-state index in [-0.39, 0.29) is 23.0 Å². The van der Waals surface area contributed by atoms with Gasteiger partial charge in [0.2, 0.25) is 5.78 Å². The number of nitrogens with one attached hydrogen (secondary N) is 1. The Morgan fingerprint density at radius 2 is 1.74 bits per heavy atom. The molecule has 34 heavy (non-hydrogen) atoms. The highest BCUT2D eigenvalue weighted by molar-refractivity contribution is 6.14. The van der Waals surface area contributed by atoms with E-state index >= 15 is 0 Å². The van der Waals surface area contributed by atoms with Crippen molar-refractivity contribution in [3.63, 3.8) is 0 Å². The number of carboxylic acids is 1. The van der Waals surface area contributed by atoms with Gasteiger partial charge in [0.1, 0.15) is 23.3 Å². The summed E-state index contributed by atoms with van der Waals surface area (Å²) in [6, 6.07) is 6.25. The largest absolute Gasteiger partial charge is 0.496 e. The van der Waals surface area contributed by atoms with Crippen LogP contribution in [-0.4, -0.2) is 68.5 Å². The number of aliphatic hydroxyl groups excluding tert-OH is 1. The summed E-state index contributed by atoms with van der Waals surface area (Å²) in [5.74, 6) is -0.622. The van der Waals surface area contributed by atoms with Crippen molar-refractivity contribution < 1.29 is 48.3 Å². The molecule has 1 atom stereocenters. The maximum absolute atomic E-state index is 12.8. The molecule has 2 aromatic rings. The minimum Gasteiger partial charge on any atom is -0.496 e. The van der Waals surface area contributed by atoms with Gasteiger partial charge in [-0.1, -0.05) is 0 Å². The van der Waals surface area contributed by atoms with E-state index in [4.69, 9.17) is 33.9 Å². The van der Waals surface area contributed by atoms with Crippen LogP contribution < -0.4 is 29.0 Å². The molecule has 180 valence electrons. The summed E-state index contributed by atoms with van der Waals surface area (Å²) in [5.41, 5.74) is 0.829. The second kappa shape index (κ2) is 10.6. The molecule has 0 saturated carbocycles. The zero-order valence-corrected chi connectivity index (χ0v) is 18.6. The van der Waals surface area contributed by atoms with Crippen LogP contribution in [0.3, 0.4) is 0 Å². The van der Waals surface area contributed by atoms with Crippen LogP contribution in [0.25, 0.3) is 6.08 Å². The molecule has 0 saturated heterocycles. The summed E-state index contributed by atoms with van der Waals surface area (Å²) in [7, 11) is 4.46. The van der Waals surface area contributed by atoms with Gasteiger partial charge in [-0.3, -0.25) is 9.59 Å². The number of aliphatic carboxylic acids is 1. The van der Waals surface area contributed by atoms with Crippen molar-refractivity contribution >= 4 is 23.7 Å². The first-order chi connectivity index (χ1) is 16.3. The Bertz CT molecular complexity index is 1140. The number of hydrogen-bond acceptors (Lipinski definition) is 9. The highest BCUT2D eigenvalue weighted by atomic mass is 16.5. The molecular formula is C23H23NO10. The lowest BCUT2D eigenvalue weighted by Crippen LogP contribution is -2.45. The van der Waals surface area contributed by atoms with Crippen molar-refractivity contribution in [3.05, 3.63) is 47.2 Å². The first-order valence-corrected chi connectivity index (χ1v) is 9.95. The monoisotopic (exact) mass is 473 g/mol. The normalized spacial score (nSPS) is 14.1. The lowest BCUT2D eigenvalue weighted by molar-refractivity contribution is -0.143. The molecule has 1 aliphatic rings.